The van der Waals surface area contributed by atoms with Gasteiger partial charge in [0, 0.05) is 37.3 Å². The summed E-state index contributed by atoms with van der Waals surface area (Å²) in [5.41, 5.74) is 3.17. The molecule has 2 aromatic heterocycles. The van der Waals surface area contributed by atoms with Crippen LogP contribution in [-0.2, 0) is 0 Å². The molecule has 3 heterocycles. The fraction of sp³-hybridized carbons (Fsp3) is 0.318. The number of ether oxygens (including phenoxy) is 1. The number of nitrogens with one attached hydrogen (secondary N) is 1. The van der Waals surface area contributed by atoms with E-state index in [1.165, 1.54) is 0 Å². The van der Waals surface area contributed by atoms with Gasteiger partial charge in [-0.25, -0.2) is 4.98 Å². The average molecular weight is 391 g/mol. The smallest absolute Gasteiger partial charge is 0.257 e. The number of benzene rings is 1. The van der Waals surface area contributed by atoms with Gasteiger partial charge in [-0.05, 0) is 50.4 Å². The van der Waals surface area contributed by atoms with Crippen molar-refractivity contribution in [3.05, 3.63) is 53.9 Å². The third kappa shape index (κ3) is 4.14. The Bertz CT molecular complexity index is 1030. The number of aryl methyl sites for hydroxylation is 1. The highest BCUT2D eigenvalue weighted by molar-refractivity contribution is 6.12. The number of piperazine rings is 1. The van der Waals surface area contributed by atoms with E-state index < -0.39 is 0 Å². The number of pyridine rings is 2. The number of nitrogens with zero attached hydrogens (tertiary/aromatic N) is 4. The number of aromatic nitrogens is 2. The first-order valence-electron chi connectivity index (χ1n) is 9.70. The molecular weight excluding hydrogens is 366 g/mol. The van der Waals surface area contributed by atoms with Crippen LogP contribution in [0.5, 0.6) is 5.75 Å². The van der Waals surface area contributed by atoms with Crippen LogP contribution in [0.15, 0.2) is 42.6 Å². The standard InChI is InChI=1S/C22H25N5O2/c1-15-12-19(18-13-17(29-3)5-6-20(18)24-15)22(28)25-21-7-4-16(14-23-21)27-10-8-26(2)9-11-27/h4-7,12-14H,8-11H2,1-3H3,(H,23,25,28). The molecule has 3 aromatic rings. The Kier molecular flexibility index (Phi) is 5.31. The van der Waals surface area contributed by atoms with Gasteiger partial charge in [-0.1, -0.05) is 0 Å². The second-order valence-corrected chi connectivity index (χ2v) is 7.34. The summed E-state index contributed by atoms with van der Waals surface area (Å²) >= 11 is 0. The molecule has 1 aromatic carbocycles. The van der Waals surface area contributed by atoms with Crippen molar-refractivity contribution >= 4 is 28.3 Å². The molecule has 7 nitrogen and oxygen atoms in total. The zero-order valence-corrected chi connectivity index (χ0v) is 17.0. The van der Waals surface area contributed by atoms with Gasteiger partial charge in [-0.3, -0.25) is 9.78 Å². The average Bonchev–Trinajstić information content (AvgIpc) is 2.74. The van der Waals surface area contributed by atoms with Crippen LogP contribution in [0.25, 0.3) is 10.9 Å². The Morgan fingerprint density at radius 3 is 2.59 bits per heavy atom. The topological polar surface area (TPSA) is 70.6 Å². The molecule has 1 aliphatic rings. The van der Waals surface area contributed by atoms with E-state index in [9.17, 15) is 4.79 Å². The monoisotopic (exact) mass is 391 g/mol. The number of anilines is 2. The largest absolute Gasteiger partial charge is 0.497 e. The summed E-state index contributed by atoms with van der Waals surface area (Å²) < 4.78 is 5.30. The van der Waals surface area contributed by atoms with E-state index in [0.717, 1.165) is 48.5 Å². The molecule has 4 rings (SSSR count). The molecule has 1 N–H and O–H groups in total. The highest BCUT2D eigenvalue weighted by atomic mass is 16.5. The van der Waals surface area contributed by atoms with E-state index >= 15 is 0 Å². The van der Waals surface area contributed by atoms with Crippen LogP contribution in [0.1, 0.15) is 16.1 Å². The second-order valence-electron chi connectivity index (χ2n) is 7.34. The lowest BCUT2D eigenvalue weighted by Crippen LogP contribution is -2.44. The molecule has 29 heavy (non-hydrogen) atoms. The van der Waals surface area contributed by atoms with Gasteiger partial charge in [0.2, 0.25) is 0 Å². The molecule has 1 fully saturated rings. The van der Waals surface area contributed by atoms with Crippen molar-refractivity contribution in [3.63, 3.8) is 0 Å². The zero-order chi connectivity index (χ0) is 20.4. The molecule has 0 bridgehead atoms. The van der Waals surface area contributed by atoms with Crippen molar-refractivity contribution in [2.75, 3.05) is 50.6 Å². The lowest BCUT2D eigenvalue weighted by Gasteiger charge is -2.33. The maximum Gasteiger partial charge on any atom is 0.257 e. The second kappa shape index (κ2) is 8.05. The molecule has 150 valence electrons. The van der Waals surface area contributed by atoms with Gasteiger partial charge in [0.1, 0.15) is 11.6 Å². The minimum atomic E-state index is -0.214. The van der Waals surface area contributed by atoms with Crippen LogP contribution in [-0.4, -0.2) is 61.1 Å². The summed E-state index contributed by atoms with van der Waals surface area (Å²) in [4.78, 5) is 26.5. The van der Waals surface area contributed by atoms with Gasteiger partial charge < -0.3 is 19.9 Å². The van der Waals surface area contributed by atoms with Crippen LogP contribution in [0.4, 0.5) is 11.5 Å². The van der Waals surface area contributed by atoms with E-state index in [1.807, 2.05) is 43.5 Å². The van der Waals surface area contributed by atoms with E-state index in [2.05, 4.69) is 32.1 Å². The van der Waals surface area contributed by atoms with Crippen molar-refractivity contribution in [2.45, 2.75) is 6.92 Å². The quantitative estimate of drug-likeness (QED) is 0.737. The first kappa shape index (κ1) is 19.1. The minimum absolute atomic E-state index is 0.214. The van der Waals surface area contributed by atoms with Crippen molar-refractivity contribution in [3.8, 4) is 5.75 Å². The number of likely N-dealkylation sites (N-methyl/N-ethyl adjacent to an activating group) is 1. The summed E-state index contributed by atoms with van der Waals surface area (Å²) in [6.45, 7) is 5.92. The van der Waals surface area contributed by atoms with Gasteiger partial charge in [-0.2, -0.15) is 0 Å². The molecule has 0 unspecified atom stereocenters. The zero-order valence-electron chi connectivity index (χ0n) is 17.0. The minimum Gasteiger partial charge on any atom is -0.497 e. The van der Waals surface area contributed by atoms with E-state index in [0.29, 0.717) is 17.1 Å². The Balaban J connectivity index is 1.55. The molecule has 0 spiro atoms. The van der Waals surface area contributed by atoms with Crippen molar-refractivity contribution in [1.82, 2.24) is 14.9 Å². The normalized spacial score (nSPS) is 14.8. The Morgan fingerprint density at radius 2 is 1.90 bits per heavy atom. The lowest BCUT2D eigenvalue weighted by atomic mass is 10.1. The van der Waals surface area contributed by atoms with Crippen LogP contribution >= 0.6 is 0 Å². The van der Waals surface area contributed by atoms with Crippen LogP contribution in [0.3, 0.4) is 0 Å². The lowest BCUT2D eigenvalue weighted by molar-refractivity contribution is 0.102. The molecular formula is C22H25N5O2. The highest BCUT2D eigenvalue weighted by Crippen LogP contribution is 2.25. The summed E-state index contributed by atoms with van der Waals surface area (Å²) in [6.07, 6.45) is 1.82. The Hall–Kier alpha value is -3.19. The number of rotatable bonds is 4. The fourth-order valence-corrected chi connectivity index (χ4v) is 3.55. The van der Waals surface area contributed by atoms with E-state index in [-0.39, 0.29) is 5.91 Å². The van der Waals surface area contributed by atoms with Crippen LogP contribution in [0, 0.1) is 6.92 Å². The molecule has 0 aliphatic carbocycles. The summed E-state index contributed by atoms with van der Waals surface area (Å²) in [7, 11) is 3.74. The molecule has 1 amide bonds. The van der Waals surface area contributed by atoms with Gasteiger partial charge >= 0.3 is 0 Å². The fourth-order valence-electron chi connectivity index (χ4n) is 3.55. The number of hydrogen-bond donors (Lipinski definition) is 1. The molecule has 0 atom stereocenters. The third-order valence-corrected chi connectivity index (χ3v) is 5.25. The van der Waals surface area contributed by atoms with Gasteiger partial charge in [0.15, 0.2) is 0 Å². The maximum absolute atomic E-state index is 13.0. The molecule has 7 heteroatoms. The number of carbonyl (C=O) groups is 1. The summed E-state index contributed by atoms with van der Waals surface area (Å²) in [5, 5.41) is 3.66. The number of hydrogen-bond acceptors (Lipinski definition) is 6. The molecule has 1 saturated heterocycles. The first-order valence-corrected chi connectivity index (χ1v) is 9.70. The predicted octanol–water partition coefficient (Wildman–Crippen LogP) is 2.95. The van der Waals surface area contributed by atoms with Gasteiger partial charge in [-0.15, -0.1) is 0 Å². The Labute approximate surface area is 170 Å². The number of fused-ring (bicyclic) bond motifs is 1. The third-order valence-electron chi connectivity index (χ3n) is 5.25. The summed E-state index contributed by atoms with van der Waals surface area (Å²) in [6, 6.07) is 11.2. The molecule has 0 saturated carbocycles. The van der Waals surface area contributed by atoms with Gasteiger partial charge in [0.05, 0.1) is 30.1 Å². The number of methoxy groups -OCH3 is 1. The maximum atomic E-state index is 13.0. The number of carbonyl (C=O) groups excluding carboxylic acids is 1. The van der Waals surface area contributed by atoms with Crippen molar-refractivity contribution in [1.29, 1.82) is 0 Å². The SMILES string of the molecule is COc1ccc2nc(C)cc(C(=O)Nc3ccc(N4CCN(C)CC4)cn3)c2c1. The van der Waals surface area contributed by atoms with E-state index in [1.54, 1.807) is 13.2 Å². The van der Waals surface area contributed by atoms with Crippen molar-refractivity contribution < 1.29 is 9.53 Å². The number of amides is 1. The van der Waals surface area contributed by atoms with Crippen molar-refractivity contribution in [2.24, 2.45) is 0 Å². The van der Waals surface area contributed by atoms with E-state index in [4.69, 9.17) is 4.74 Å². The molecule has 0 radical (unpaired) electrons. The highest BCUT2D eigenvalue weighted by Gasteiger charge is 2.16. The van der Waals surface area contributed by atoms with Crippen LogP contribution < -0.4 is 15.0 Å². The predicted molar refractivity (Wildman–Crippen MR) is 115 cm³/mol. The van der Waals surface area contributed by atoms with Gasteiger partial charge in [0.25, 0.3) is 5.91 Å². The Morgan fingerprint density at radius 1 is 1.10 bits per heavy atom. The summed E-state index contributed by atoms with van der Waals surface area (Å²) in [5.74, 6) is 0.999. The van der Waals surface area contributed by atoms with Crippen LogP contribution in [0.2, 0.25) is 0 Å². The first-order chi connectivity index (χ1) is 14.0. The molecule has 1 aliphatic heterocycles.